The van der Waals surface area contributed by atoms with Crippen molar-refractivity contribution in [2.75, 3.05) is 30.8 Å². The number of halogens is 3. The van der Waals surface area contributed by atoms with Crippen LogP contribution in [0.4, 0.5) is 24.8 Å². The molecule has 0 fully saturated rings. The lowest BCUT2D eigenvalue weighted by Gasteiger charge is -2.21. The zero-order valence-electron chi connectivity index (χ0n) is 10.4. The third-order valence-corrected chi connectivity index (χ3v) is 2.23. The van der Waals surface area contributed by atoms with Gasteiger partial charge in [-0.15, -0.1) is 0 Å². The fourth-order valence-corrected chi connectivity index (χ4v) is 1.13. The van der Waals surface area contributed by atoms with Crippen molar-refractivity contribution < 1.29 is 23.4 Å². The fraction of sp³-hybridized carbons (Fsp3) is 0.600. The normalized spacial score (nSPS) is 14.9. The van der Waals surface area contributed by atoms with Crippen LogP contribution < -0.4 is 10.6 Å². The van der Waals surface area contributed by atoms with Crippen molar-refractivity contribution in [2.24, 2.45) is 0 Å². The highest BCUT2D eigenvalue weighted by molar-refractivity contribution is 5.47. The van der Waals surface area contributed by atoms with Crippen LogP contribution in [-0.2, 0) is 6.18 Å². The Morgan fingerprint density at radius 2 is 1.84 bits per heavy atom. The Kier molecular flexibility index (Phi) is 4.53. The predicted molar refractivity (Wildman–Crippen MR) is 62.8 cm³/mol. The Bertz CT molecular complexity index is 437. The molecule has 108 valence electrons. The van der Waals surface area contributed by atoms with Gasteiger partial charge in [-0.25, -0.2) is 9.97 Å². The van der Waals surface area contributed by atoms with E-state index in [9.17, 15) is 18.3 Å². The largest absolute Gasteiger partial charge is 0.451 e. The highest BCUT2D eigenvalue weighted by Gasteiger charge is 2.35. The zero-order valence-corrected chi connectivity index (χ0v) is 10.4. The average Bonchev–Trinajstić information content (AvgIpc) is 2.35. The van der Waals surface area contributed by atoms with Gasteiger partial charge in [-0.1, -0.05) is 0 Å². The molecule has 0 aliphatic rings. The van der Waals surface area contributed by atoms with Gasteiger partial charge in [0, 0.05) is 19.7 Å². The van der Waals surface area contributed by atoms with E-state index in [0.717, 1.165) is 0 Å². The lowest BCUT2D eigenvalue weighted by Crippen LogP contribution is -2.37. The third kappa shape index (κ3) is 4.52. The van der Waals surface area contributed by atoms with E-state index in [1.54, 1.807) is 0 Å². The molecule has 0 bridgehead atoms. The van der Waals surface area contributed by atoms with Crippen LogP contribution in [0, 0.1) is 0 Å². The zero-order chi connectivity index (χ0) is 14.7. The lowest BCUT2D eigenvalue weighted by atomic mass is 10.1. The van der Waals surface area contributed by atoms with Crippen LogP contribution in [0.3, 0.4) is 0 Å². The van der Waals surface area contributed by atoms with Gasteiger partial charge in [0.15, 0.2) is 0 Å². The molecule has 0 radical (unpaired) electrons. The number of alkyl halides is 3. The van der Waals surface area contributed by atoms with Crippen LogP contribution in [0.15, 0.2) is 6.07 Å². The minimum Gasteiger partial charge on any atom is -0.393 e. The molecule has 1 rings (SSSR count). The fourth-order valence-electron chi connectivity index (χ4n) is 1.13. The number of nitrogens with one attached hydrogen (secondary N) is 2. The van der Waals surface area contributed by atoms with Crippen molar-refractivity contribution in [1.82, 2.24) is 9.97 Å². The first-order chi connectivity index (χ1) is 8.68. The summed E-state index contributed by atoms with van der Waals surface area (Å²) in [4.78, 5) is 6.60. The van der Waals surface area contributed by atoms with E-state index < -0.39 is 24.2 Å². The summed E-state index contributed by atoms with van der Waals surface area (Å²) >= 11 is 0. The standard InChI is InChI=1S/C10H15F3N4O2/c1-9(19,5-18)4-15-7-3-6(14-2)16-8(17-7)10(11,12)13/h3,18-19H,4-5H2,1-2H3,(H2,14,15,16,17). The highest BCUT2D eigenvalue weighted by Crippen LogP contribution is 2.28. The van der Waals surface area contributed by atoms with Crippen LogP contribution in [0.1, 0.15) is 12.7 Å². The SMILES string of the molecule is CNc1cc(NCC(C)(O)CO)nc(C(F)(F)F)n1. The van der Waals surface area contributed by atoms with Crippen LogP contribution in [0.2, 0.25) is 0 Å². The van der Waals surface area contributed by atoms with E-state index in [1.165, 1.54) is 20.0 Å². The summed E-state index contributed by atoms with van der Waals surface area (Å²) < 4.78 is 37.7. The molecular formula is C10H15F3N4O2. The highest BCUT2D eigenvalue weighted by atomic mass is 19.4. The summed E-state index contributed by atoms with van der Waals surface area (Å²) in [6, 6.07) is 1.27. The maximum absolute atomic E-state index is 12.6. The molecule has 0 spiro atoms. The van der Waals surface area contributed by atoms with Crippen molar-refractivity contribution in [3.63, 3.8) is 0 Å². The number of anilines is 2. The van der Waals surface area contributed by atoms with Crippen molar-refractivity contribution in [1.29, 1.82) is 0 Å². The van der Waals surface area contributed by atoms with Gasteiger partial charge in [-0.05, 0) is 6.92 Å². The molecule has 0 aliphatic carbocycles. The maximum atomic E-state index is 12.6. The van der Waals surface area contributed by atoms with E-state index in [-0.39, 0.29) is 18.2 Å². The summed E-state index contributed by atoms with van der Waals surface area (Å²) in [7, 11) is 1.43. The summed E-state index contributed by atoms with van der Waals surface area (Å²) in [6.45, 7) is 0.655. The number of aliphatic hydroxyl groups is 2. The number of aromatic nitrogens is 2. The van der Waals surface area contributed by atoms with Crippen molar-refractivity contribution >= 4 is 11.6 Å². The first-order valence-electron chi connectivity index (χ1n) is 5.39. The van der Waals surface area contributed by atoms with Crippen LogP contribution in [-0.4, -0.2) is 46.0 Å². The Balaban J connectivity index is 2.95. The molecule has 1 heterocycles. The van der Waals surface area contributed by atoms with Gasteiger partial charge in [-0.3, -0.25) is 0 Å². The van der Waals surface area contributed by atoms with Gasteiger partial charge < -0.3 is 20.8 Å². The minimum absolute atomic E-state index is 0.00605. The first kappa shape index (κ1) is 15.4. The van der Waals surface area contributed by atoms with Gasteiger partial charge >= 0.3 is 6.18 Å². The molecule has 1 atom stereocenters. The van der Waals surface area contributed by atoms with Crippen molar-refractivity contribution in [3.05, 3.63) is 11.9 Å². The number of aliphatic hydroxyl groups excluding tert-OH is 1. The average molecular weight is 280 g/mol. The van der Waals surface area contributed by atoms with E-state index in [2.05, 4.69) is 20.6 Å². The second-order valence-corrected chi connectivity index (χ2v) is 4.22. The predicted octanol–water partition coefficient (Wildman–Crippen LogP) is 0.692. The lowest BCUT2D eigenvalue weighted by molar-refractivity contribution is -0.144. The molecule has 0 amide bonds. The van der Waals surface area contributed by atoms with E-state index in [4.69, 9.17) is 5.11 Å². The Morgan fingerprint density at radius 1 is 1.26 bits per heavy atom. The molecule has 0 aliphatic heterocycles. The Morgan fingerprint density at radius 3 is 2.32 bits per heavy atom. The monoisotopic (exact) mass is 280 g/mol. The topological polar surface area (TPSA) is 90.3 Å². The first-order valence-corrected chi connectivity index (χ1v) is 5.39. The molecule has 0 saturated carbocycles. The second-order valence-electron chi connectivity index (χ2n) is 4.22. The summed E-state index contributed by atoms with van der Waals surface area (Å²) in [5, 5.41) is 23.4. The van der Waals surface area contributed by atoms with Gasteiger partial charge in [0.25, 0.3) is 0 Å². The molecular weight excluding hydrogens is 265 g/mol. The molecule has 4 N–H and O–H groups in total. The smallest absolute Gasteiger partial charge is 0.393 e. The van der Waals surface area contributed by atoms with Gasteiger partial charge in [-0.2, -0.15) is 13.2 Å². The van der Waals surface area contributed by atoms with Gasteiger partial charge in [0.2, 0.25) is 5.82 Å². The maximum Gasteiger partial charge on any atom is 0.451 e. The Hall–Kier alpha value is -1.61. The van der Waals surface area contributed by atoms with Gasteiger partial charge in [0.1, 0.15) is 17.2 Å². The Labute approximate surface area is 107 Å². The number of nitrogens with zero attached hydrogens (tertiary/aromatic N) is 2. The second kappa shape index (κ2) is 5.57. The molecule has 9 heteroatoms. The molecule has 6 nitrogen and oxygen atoms in total. The quantitative estimate of drug-likeness (QED) is 0.634. The van der Waals surface area contributed by atoms with Crippen LogP contribution in [0.5, 0.6) is 0 Å². The van der Waals surface area contributed by atoms with Crippen molar-refractivity contribution in [3.8, 4) is 0 Å². The summed E-state index contributed by atoms with van der Waals surface area (Å²) in [6.07, 6.45) is -4.66. The van der Waals surface area contributed by atoms with Crippen molar-refractivity contribution in [2.45, 2.75) is 18.7 Å². The van der Waals surface area contributed by atoms with Gasteiger partial charge in [0.05, 0.1) is 6.61 Å². The number of rotatable bonds is 5. The number of hydrogen-bond acceptors (Lipinski definition) is 6. The summed E-state index contributed by atoms with van der Waals surface area (Å²) in [5.41, 5.74) is -1.46. The molecule has 1 aromatic heterocycles. The third-order valence-electron chi connectivity index (χ3n) is 2.23. The molecule has 0 saturated heterocycles. The van der Waals surface area contributed by atoms with E-state index in [1.807, 2.05) is 0 Å². The summed E-state index contributed by atoms with van der Waals surface area (Å²) in [5.74, 6) is -1.39. The van der Waals surface area contributed by atoms with Crippen LogP contribution >= 0.6 is 0 Å². The van der Waals surface area contributed by atoms with E-state index >= 15 is 0 Å². The van der Waals surface area contributed by atoms with Crippen LogP contribution in [0.25, 0.3) is 0 Å². The molecule has 19 heavy (non-hydrogen) atoms. The molecule has 1 aromatic rings. The van der Waals surface area contributed by atoms with E-state index in [0.29, 0.717) is 0 Å². The number of hydrogen-bond donors (Lipinski definition) is 4. The minimum atomic E-state index is -4.66. The molecule has 1 unspecified atom stereocenters. The molecule has 0 aromatic carbocycles.